The first-order valence-corrected chi connectivity index (χ1v) is 8.41. The third-order valence-electron chi connectivity index (χ3n) is 3.49. The second kappa shape index (κ2) is 7.15. The summed E-state index contributed by atoms with van der Waals surface area (Å²) >= 11 is 1.34. The van der Waals surface area contributed by atoms with Crippen molar-refractivity contribution in [3.8, 4) is 17.3 Å². The average molecular weight is 354 g/mol. The fraction of sp³-hybridized carbons (Fsp3) is 0.176. The molecule has 7 nitrogen and oxygen atoms in total. The van der Waals surface area contributed by atoms with Crippen LogP contribution in [0.5, 0.6) is 0 Å². The van der Waals surface area contributed by atoms with Crippen LogP contribution in [0.25, 0.3) is 11.3 Å². The maximum absolute atomic E-state index is 11.6. The highest BCUT2D eigenvalue weighted by Crippen LogP contribution is 2.30. The number of hydrogen-bond acceptors (Lipinski definition) is 7. The summed E-state index contributed by atoms with van der Waals surface area (Å²) in [5, 5.41) is 17.0. The summed E-state index contributed by atoms with van der Waals surface area (Å²) < 4.78 is 4.79. The Morgan fingerprint density at radius 3 is 3.16 bits per heavy atom. The lowest BCUT2D eigenvalue weighted by molar-refractivity contribution is -0.138. The van der Waals surface area contributed by atoms with E-state index in [9.17, 15) is 9.59 Å². The van der Waals surface area contributed by atoms with Crippen molar-refractivity contribution in [3.63, 3.8) is 0 Å². The van der Waals surface area contributed by atoms with Crippen molar-refractivity contribution in [2.45, 2.75) is 13.3 Å². The quantitative estimate of drug-likeness (QED) is 0.486. The number of fused-ring (bicyclic) bond motifs is 1. The van der Waals surface area contributed by atoms with Crippen LogP contribution in [0.1, 0.15) is 12.5 Å². The van der Waals surface area contributed by atoms with Gasteiger partial charge in [-0.25, -0.2) is 9.78 Å². The number of aromatic nitrogens is 1. The second-order valence-corrected chi connectivity index (χ2v) is 6.03. The number of benzene rings is 1. The molecule has 0 saturated heterocycles. The van der Waals surface area contributed by atoms with E-state index < -0.39 is 5.97 Å². The highest BCUT2D eigenvalue weighted by molar-refractivity contribution is 7.14. The summed E-state index contributed by atoms with van der Waals surface area (Å²) in [6.45, 7) is 1.88. The molecule has 3 rings (SSSR count). The van der Waals surface area contributed by atoms with Gasteiger partial charge in [0.1, 0.15) is 6.07 Å². The molecule has 1 aliphatic heterocycles. The van der Waals surface area contributed by atoms with Crippen molar-refractivity contribution in [1.82, 2.24) is 4.98 Å². The molecule has 0 aliphatic carbocycles. The number of nitrogens with one attached hydrogen (secondary N) is 2. The van der Waals surface area contributed by atoms with E-state index in [-0.39, 0.29) is 18.1 Å². The van der Waals surface area contributed by atoms with Gasteiger partial charge in [0.25, 0.3) is 0 Å². The Bertz CT molecular complexity index is 911. The standard InChI is InChI=1S/C17H14N4O3S/c1-2-24-16(23)12(7-18)8-19-17-21-14(9-25-17)10-3-4-13-11(5-10)6-15(22)20-13/h3-5,8-9H,2,6H2,1H3,(H,19,21)(H,20,22)/b12-8+. The molecular weight excluding hydrogens is 340 g/mol. The number of rotatable bonds is 5. The molecule has 0 spiro atoms. The van der Waals surface area contributed by atoms with E-state index in [1.807, 2.05) is 23.6 Å². The van der Waals surface area contributed by atoms with E-state index in [0.29, 0.717) is 11.6 Å². The molecule has 126 valence electrons. The summed E-state index contributed by atoms with van der Waals surface area (Å²) in [6.07, 6.45) is 1.65. The highest BCUT2D eigenvalue weighted by Gasteiger charge is 2.18. The molecule has 0 atom stereocenters. The SMILES string of the molecule is CCOC(=O)/C(C#N)=C/Nc1nc(-c2ccc3c(c2)CC(=O)N3)cs1. The number of nitrogens with zero attached hydrogens (tertiary/aromatic N) is 2. The van der Waals surface area contributed by atoms with Crippen LogP contribution in [0.2, 0.25) is 0 Å². The van der Waals surface area contributed by atoms with Crippen LogP contribution in [0.15, 0.2) is 35.4 Å². The number of carbonyl (C=O) groups excluding carboxylic acids is 2. The van der Waals surface area contributed by atoms with Crippen molar-refractivity contribution in [3.05, 3.63) is 40.9 Å². The third-order valence-corrected chi connectivity index (χ3v) is 4.26. The number of anilines is 2. The molecule has 1 amide bonds. The van der Waals surface area contributed by atoms with Crippen molar-refractivity contribution >= 4 is 34.0 Å². The van der Waals surface area contributed by atoms with Crippen molar-refractivity contribution in [1.29, 1.82) is 5.26 Å². The van der Waals surface area contributed by atoms with Gasteiger partial charge in [-0.15, -0.1) is 11.3 Å². The van der Waals surface area contributed by atoms with Gasteiger partial charge < -0.3 is 15.4 Å². The fourth-order valence-corrected chi connectivity index (χ4v) is 3.03. The summed E-state index contributed by atoms with van der Waals surface area (Å²) in [4.78, 5) is 27.4. The average Bonchev–Trinajstić information content (AvgIpc) is 3.20. The Kier molecular flexibility index (Phi) is 4.77. The van der Waals surface area contributed by atoms with E-state index in [4.69, 9.17) is 10.00 Å². The third kappa shape index (κ3) is 3.67. The maximum atomic E-state index is 11.6. The van der Waals surface area contributed by atoms with Gasteiger partial charge in [0.2, 0.25) is 5.91 Å². The zero-order chi connectivity index (χ0) is 17.8. The van der Waals surface area contributed by atoms with Crippen LogP contribution in [0.3, 0.4) is 0 Å². The van der Waals surface area contributed by atoms with Gasteiger partial charge in [-0.3, -0.25) is 4.79 Å². The number of thiazole rings is 1. The minimum atomic E-state index is -0.676. The molecule has 1 aromatic carbocycles. The first kappa shape index (κ1) is 16.7. The molecule has 0 saturated carbocycles. The number of esters is 1. The van der Waals surface area contributed by atoms with E-state index in [2.05, 4.69) is 15.6 Å². The van der Waals surface area contributed by atoms with Gasteiger partial charge >= 0.3 is 5.97 Å². The summed E-state index contributed by atoms with van der Waals surface area (Å²) in [6, 6.07) is 7.47. The number of hydrogen-bond donors (Lipinski definition) is 2. The highest BCUT2D eigenvalue weighted by atomic mass is 32.1. The number of nitriles is 1. The van der Waals surface area contributed by atoms with E-state index in [1.165, 1.54) is 17.5 Å². The topological polar surface area (TPSA) is 104 Å². The molecule has 0 radical (unpaired) electrons. The molecule has 8 heteroatoms. The Hall–Kier alpha value is -3.18. The van der Waals surface area contributed by atoms with Gasteiger partial charge in [-0.1, -0.05) is 6.07 Å². The van der Waals surface area contributed by atoms with Crippen LogP contribution in [0, 0.1) is 11.3 Å². The maximum Gasteiger partial charge on any atom is 0.350 e. The predicted octanol–water partition coefficient (Wildman–Crippen LogP) is 2.69. The molecule has 1 aliphatic rings. The normalized spacial score (nSPS) is 13.0. The molecular formula is C17H14N4O3S. The lowest BCUT2D eigenvalue weighted by Crippen LogP contribution is -2.07. The summed E-state index contributed by atoms with van der Waals surface area (Å²) in [5.74, 6) is -0.689. The van der Waals surface area contributed by atoms with Gasteiger partial charge in [0, 0.05) is 22.8 Å². The van der Waals surface area contributed by atoms with Crippen molar-refractivity contribution in [2.24, 2.45) is 0 Å². The second-order valence-electron chi connectivity index (χ2n) is 5.17. The number of ether oxygens (including phenoxy) is 1. The number of amides is 1. The van der Waals surface area contributed by atoms with Crippen molar-refractivity contribution < 1.29 is 14.3 Å². The van der Waals surface area contributed by atoms with Crippen LogP contribution in [-0.4, -0.2) is 23.5 Å². The lowest BCUT2D eigenvalue weighted by atomic mass is 10.1. The molecule has 2 heterocycles. The fourth-order valence-electron chi connectivity index (χ4n) is 2.34. The van der Waals surface area contributed by atoms with E-state index in [1.54, 1.807) is 13.0 Å². The summed E-state index contributed by atoms with van der Waals surface area (Å²) in [7, 11) is 0. The molecule has 0 unspecified atom stereocenters. The van der Waals surface area contributed by atoms with E-state index in [0.717, 1.165) is 22.5 Å². The van der Waals surface area contributed by atoms with Crippen LogP contribution >= 0.6 is 11.3 Å². The number of carbonyl (C=O) groups is 2. The zero-order valence-electron chi connectivity index (χ0n) is 13.3. The van der Waals surface area contributed by atoms with Crippen molar-refractivity contribution in [2.75, 3.05) is 17.2 Å². The minimum Gasteiger partial charge on any atom is -0.462 e. The molecule has 2 N–H and O–H groups in total. The molecule has 1 aromatic heterocycles. The monoisotopic (exact) mass is 354 g/mol. The van der Waals surface area contributed by atoms with Crippen LogP contribution in [-0.2, 0) is 20.7 Å². The molecule has 0 fully saturated rings. The van der Waals surface area contributed by atoms with Gasteiger partial charge in [-0.05, 0) is 24.6 Å². The Labute approximate surface area is 148 Å². The Morgan fingerprint density at radius 2 is 2.40 bits per heavy atom. The largest absolute Gasteiger partial charge is 0.462 e. The van der Waals surface area contributed by atoms with E-state index >= 15 is 0 Å². The molecule has 2 aromatic rings. The molecule has 0 bridgehead atoms. The first-order chi connectivity index (χ1) is 12.1. The minimum absolute atomic E-state index is 0.0130. The van der Waals surface area contributed by atoms with Crippen LogP contribution < -0.4 is 10.6 Å². The lowest BCUT2D eigenvalue weighted by Gasteiger charge is -2.01. The molecule has 25 heavy (non-hydrogen) atoms. The summed E-state index contributed by atoms with van der Waals surface area (Å²) in [5.41, 5.74) is 3.30. The Morgan fingerprint density at radius 1 is 1.56 bits per heavy atom. The zero-order valence-corrected chi connectivity index (χ0v) is 14.1. The van der Waals surface area contributed by atoms with Gasteiger partial charge in [0.15, 0.2) is 10.7 Å². The van der Waals surface area contributed by atoms with Gasteiger partial charge in [-0.2, -0.15) is 5.26 Å². The predicted molar refractivity (Wildman–Crippen MR) is 93.8 cm³/mol. The van der Waals surface area contributed by atoms with Gasteiger partial charge in [0.05, 0.1) is 18.7 Å². The Balaban J connectivity index is 1.75. The smallest absolute Gasteiger partial charge is 0.350 e. The van der Waals surface area contributed by atoms with Crippen LogP contribution in [0.4, 0.5) is 10.8 Å². The first-order valence-electron chi connectivity index (χ1n) is 7.53.